The fourth-order valence-corrected chi connectivity index (χ4v) is 3.20. The van der Waals surface area contributed by atoms with E-state index in [9.17, 15) is 5.11 Å². The molecule has 17 heavy (non-hydrogen) atoms. The molecule has 2 rings (SSSR count). The molecule has 2 aromatic rings. The monoisotopic (exact) mass is 617 g/mol. The standard InChI is InChI=1S/C8H9N5O2.2Tl/c9-7-6-8(11-3-10-7)13(4-12-6)1-5(15)2-14;;/h3-5,15H,1-2H2,(H-,9,10,11);;/q-2;2*+1/t5-;;/m0../s1. The van der Waals surface area contributed by atoms with E-state index >= 15 is 0 Å². The maximum atomic E-state index is 9.71. The zero-order chi connectivity index (χ0) is 12.3. The van der Waals surface area contributed by atoms with Gasteiger partial charge in [-0.1, -0.05) is 0 Å². The molecule has 7 nitrogen and oxygen atoms in total. The van der Waals surface area contributed by atoms with Crippen molar-refractivity contribution in [2.24, 2.45) is 0 Å². The van der Waals surface area contributed by atoms with Crippen molar-refractivity contribution in [3.8, 4) is 0 Å². The molecule has 0 amide bonds. The second kappa shape index (κ2) is 6.33. The van der Waals surface area contributed by atoms with Crippen molar-refractivity contribution in [2.45, 2.75) is 12.6 Å². The minimum absolute atomic E-state index is 0.364. The third-order valence-corrected chi connectivity index (χ3v) is 4.05. The van der Waals surface area contributed by atoms with Gasteiger partial charge in [0.2, 0.25) is 0 Å². The van der Waals surface area contributed by atoms with Crippen LogP contribution in [0.5, 0.6) is 0 Å². The summed E-state index contributed by atoms with van der Waals surface area (Å²) in [6.45, 7) is 0.797. The molecule has 0 aliphatic rings. The fourth-order valence-electron chi connectivity index (χ4n) is 1.51. The predicted molar refractivity (Wildman–Crippen MR) is 62.4 cm³/mol. The van der Waals surface area contributed by atoms with E-state index < -0.39 is 6.10 Å². The third kappa shape index (κ3) is 3.11. The number of anilines is 1. The minimum atomic E-state index is -0.526. The summed E-state index contributed by atoms with van der Waals surface area (Å²) in [6.07, 6.45) is 2.65. The van der Waals surface area contributed by atoms with Gasteiger partial charge in [-0.05, 0) is 0 Å². The molecule has 9 heteroatoms. The summed E-state index contributed by atoms with van der Waals surface area (Å²) in [5.74, 6) is 0.758. The fraction of sp³-hybridized carbons (Fsp3) is 0.375. The first-order valence-corrected chi connectivity index (χ1v) is 8.96. The van der Waals surface area contributed by atoms with Gasteiger partial charge in [0.15, 0.2) is 0 Å². The van der Waals surface area contributed by atoms with Crippen LogP contribution in [0.15, 0.2) is 12.7 Å². The van der Waals surface area contributed by atoms with E-state index in [0.29, 0.717) is 65.4 Å². The number of aromatic nitrogens is 4. The molecule has 0 unspecified atom stereocenters. The SMILES string of the molecule is O[C@H](C[O][Tl])Cn1cnc2c([NH][Tl])ncnc21. The summed E-state index contributed by atoms with van der Waals surface area (Å²) < 4.78 is 9.99. The van der Waals surface area contributed by atoms with Gasteiger partial charge in [-0.15, -0.1) is 0 Å². The van der Waals surface area contributed by atoms with E-state index in [-0.39, 0.29) is 0 Å². The molecular formula is C8H9N5O2Tl2. The van der Waals surface area contributed by atoms with Crippen molar-refractivity contribution in [2.75, 3.05) is 9.73 Å². The average molecular weight is 616 g/mol. The first-order chi connectivity index (χ1) is 8.26. The molecule has 2 aromatic heterocycles. The van der Waals surface area contributed by atoms with Crippen LogP contribution in [0.2, 0.25) is 0 Å². The number of fused-ring (bicyclic) bond motifs is 1. The van der Waals surface area contributed by atoms with Gasteiger partial charge in [0, 0.05) is 0 Å². The van der Waals surface area contributed by atoms with E-state index in [4.69, 9.17) is 2.69 Å². The van der Waals surface area contributed by atoms with Crippen LogP contribution in [0.1, 0.15) is 0 Å². The Hall–Kier alpha value is 0.114. The quantitative estimate of drug-likeness (QED) is 0.411. The summed E-state index contributed by atoms with van der Waals surface area (Å²) in [4.78, 5) is 12.6. The molecule has 0 saturated carbocycles. The molecule has 0 aliphatic heterocycles. The Balaban J connectivity index is 2.30. The summed E-state index contributed by atoms with van der Waals surface area (Å²) >= 11 is 1.05. The predicted octanol–water partition coefficient (Wildman–Crippen LogP) is -1.22. The van der Waals surface area contributed by atoms with E-state index in [1.54, 1.807) is 6.33 Å². The number of hydrogen-bond acceptors (Lipinski definition) is 6. The van der Waals surface area contributed by atoms with Crippen molar-refractivity contribution in [3.05, 3.63) is 12.7 Å². The number of hydrogen-bond donors (Lipinski definition) is 2. The molecular weight excluding hydrogens is 607 g/mol. The number of nitrogens with zero attached hydrogens (tertiary/aromatic N) is 4. The number of aliphatic hydroxyl groups is 1. The van der Waals surface area contributed by atoms with Crippen LogP contribution in [0.3, 0.4) is 0 Å². The van der Waals surface area contributed by atoms with Gasteiger partial charge >= 0.3 is 132 Å². The maximum absolute atomic E-state index is 9.71. The van der Waals surface area contributed by atoms with Crippen LogP contribution in [-0.2, 0) is 9.23 Å². The average Bonchev–Trinajstić information content (AvgIpc) is 2.73. The molecule has 2 N–H and O–H groups in total. The van der Waals surface area contributed by atoms with Crippen LogP contribution < -0.4 is 3.13 Å². The molecule has 0 aromatic carbocycles. The van der Waals surface area contributed by atoms with Crippen molar-refractivity contribution in [1.29, 1.82) is 0 Å². The van der Waals surface area contributed by atoms with Gasteiger partial charge in [0.1, 0.15) is 0 Å². The van der Waals surface area contributed by atoms with Crippen LogP contribution >= 0.6 is 0 Å². The molecule has 0 spiro atoms. The third-order valence-electron chi connectivity index (χ3n) is 2.23. The Morgan fingerprint density at radius 1 is 1.47 bits per heavy atom. The van der Waals surface area contributed by atoms with Gasteiger partial charge in [-0.2, -0.15) is 0 Å². The molecule has 0 bridgehead atoms. The van der Waals surface area contributed by atoms with Gasteiger partial charge in [-0.25, -0.2) is 0 Å². The normalized spacial score (nSPS) is 12.6. The Kier molecular flexibility index (Phi) is 5.04. The van der Waals surface area contributed by atoms with Gasteiger partial charge in [-0.3, -0.25) is 0 Å². The van der Waals surface area contributed by atoms with Crippen molar-refractivity contribution < 1.29 is 7.79 Å². The number of imidazole rings is 1. The van der Waals surface area contributed by atoms with Gasteiger partial charge < -0.3 is 0 Å². The zero-order valence-corrected chi connectivity index (χ0v) is 17.9. The van der Waals surface area contributed by atoms with E-state index in [0.717, 1.165) is 17.0 Å². The number of aliphatic hydroxyl groups excluding tert-OH is 1. The first kappa shape index (κ1) is 13.5. The Morgan fingerprint density at radius 2 is 2.29 bits per heavy atom. The molecule has 1 atom stereocenters. The molecule has 2 heterocycles. The van der Waals surface area contributed by atoms with E-state index in [1.165, 1.54) is 6.33 Å². The zero-order valence-electron chi connectivity index (χ0n) is 8.95. The van der Waals surface area contributed by atoms with Gasteiger partial charge in [0.05, 0.1) is 0 Å². The second-order valence-electron chi connectivity index (χ2n) is 3.42. The summed E-state index contributed by atoms with van der Waals surface area (Å²) in [7, 11) is 0. The number of rotatable bonds is 5. The second-order valence-corrected chi connectivity index (χ2v) is 5.84. The molecule has 0 fully saturated rings. The Morgan fingerprint density at radius 3 is 3.00 bits per heavy atom. The summed E-state index contributed by atoms with van der Waals surface area (Å²) in [6, 6.07) is 0. The first-order valence-electron chi connectivity index (χ1n) is 4.88. The Bertz CT molecular complexity index is 506. The Labute approximate surface area is 130 Å². The van der Waals surface area contributed by atoms with E-state index in [2.05, 4.69) is 18.1 Å². The number of nitrogens with one attached hydrogen (secondary N) is 1. The van der Waals surface area contributed by atoms with Crippen LogP contribution in [0, 0.1) is 0 Å². The van der Waals surface area contributed by atoms with Gasteiger partial charge in [0.25, 0.3) is 0 Å². The van der Waals surface area contributed by atoms with Crippen LogP contribution in [-0.4, -0.2) is 89.6 Å². The molecule has 0 radical (unpaired) electrons. The van der Waals surface area contributed by atoms with Crippen molar-refractivity contribution in [1.82, 2.24) is 19.5 Å². The van der Waals surface area contributed by atoms with Crippen molar-refractivity contribution in [3.63, 3.8) is 0 Å². The van der Waals surface area contributed by atoms with Crippen LogP contribution in [0.25, 0.3) is 11.2 Å². The molecule has 84 valence electrons. The molecule has 0 aliphatic carbocycles. The van der Waals surface area contributed by atoms with Crippen molar-refractivity contribution >= 4 is 69.3 Å². The summed E-state index contributed by atoms with van der Waals surface area (Å²) in [5, 5.41) is 9.71. The van der Waals surface area contributed by atoms with Crippen LogP contribution in [0.4, 0.5) is 5.82 Å². The topological polar surface area (TPSA) is 85.1 Å². The molecule has 0 saturated heterocycles. The summed E-state index contributed by atoms with van der Waals surface area (Å²) in [5.41, 5.74) is 1.48. The van der Waals surface area contributed by atoms with E-state index in [1.807, 2.05) is 4.57 Å².